The van der Waals surface area contributed by atoms with Crippen molar-refractivity contribution in [3.05, 3.63) is 65.6 Å². The van der Waals surface area contributed by atoms with Crippen LogP contribution in [0.5, 0.6) is 5.75 Å². The van der Waals surface area contributed by atoms with E-state index in [9.17, 15) is 4.79 Å². The number of benzene rings is 1. The third-order valence-electron chi connectivity index (χ3n) is 3.88. The summed E-state index contributed by atoms with van der Waals surface area (Å²) in [6, 6.07) is 13.1. The average Bonchev–Trinajstić information content (AvgIpc) is 3.06. The van der Waals surface area contributed by atoms with Gasteiger partial charge in [-0.2, -0.15) is 0 Å². The summed E-state index contributed by atoms with van der Waals surface area (Å²) in [6.07, 6.45) is 4.40. The minimum absolute atomic E-state index is 0.139. The van der Waals surface area contributed by atoms with E-state index in [-0.39, 0.29) is 6.03 Å². The van der Waals surface area contributed by atoms with E-state index >= 15 is 0 Å². The fraction of sp³-hybridized carbons (Fsp3) is 0.263. The Morgan fingerprint density at radius 2 is 2.04 bits per heavy atom. The quantitative estimate of drug-likeness (QED) is 0.645. The van der Waals surface area contributed by atoms with Crippen molar-refractivity contribution in [2.75, 3.05) is 20.2 Å². The van der Waals surface area contributed by atoms with Crippen LogP contribution >= 0.6 is 11.6 Å². The fourth-order valence-corrected chi connectivity index (χ4v) is 2.68. The molecule has 136 valence electrons. The van der Waals surface area contributed by atoms with Crippen molar-refractivity contribution in [3.63, 3.8) is 0 Å². The van der Waals surface area contributed by atoms with E-state index in [4.69, 9.17) is 16.3 Å². The maximum atomic E-state index is 12.2. The van der Waals surface area contributed by atoms with Crippen molar-refractivity contribution < 1.29 is 9.53 Å². The lowest BCUT2D eigenvalue weighted by atomic mass is 10.3. The molecule has 1 aromatic carbocycles. The lowest BCUT2D eigenvalue weighted by Gasteiger charge is -2.17. The van der Waals surface area contributed by atoms with Gasteiger partial charge in [0.1, 0.15) is 11.4 Å². The van der Waals surface area contributed by atoms with Crippen molar-refractivity contribution >= 4 is 23.3 Å². The number of aromatic nitrogens is 2. The van der Waals surface area contributed by atoms with Crippen LogP contribution in [0.15, 0.2) is 54.9 Å². The molecule has 0 atom stereocenters. The normalized spacial score (nSPS) is 10.7. The maximum absolute atomic E-state index is 12.2. The summed E-state index contributed by atoms with van der Waals surface area (Å²) in [5.41, 5.74) is 1.58. The Balaban J connectivity index is 1.40. The van der Waals surface area contributed by atoms with E-state index < -0.39 is 0 Å². The number of fused-ring (bicyclic) bond motifs is 1. The first-order chi connectivity index (χ1) is 12.6. The number of nitrogens with one attached hydrogen (secondary N) is 1. The molecule has 26 heavy (non-hydrogen) atoms. The second-order valence-corrected chi connectivity index (χ2v) is 6.38. The molecule has 2 aromatic heterocycles. The molecule has 0 aliphatic rings. The van der Waals surface area contributed by atoms with Gasteiger partial charge in [0.2, 0.25) is 0 Å². The van der Waals surface area contributed by atoms with Crippen LogP contribution in [0.4, 0.5) is 4.79 Å². The Morgan fingerprint density at radius 3 is 2.85 bits per heavy atom. The molecular formula is C19H21ClN4O2. The van der Waals surface area contributed by atoms with E-state index in [2.05, 4.69) is 10.3 Å². The topological polar surface area (TPSA) is 58.9 Å². The fourth-order valence-electron chi connectivity index (χ4n) is 2.51. The SMILES string of the molecule is CN(CCCOc1ccccc1)C(=O)NCc1cn2cc(Cl)ccc2n1. The molecule has 2 heterocycles. The van der Waals surface area contributed by atoms with E-state index in [0.29, 0.717) is 24.7 Å². The molecule has 0 unspecified atom stereocenters. The molecule has 0 aliphatic carbocycles. The molecule has 3 rings (SSSR count). The molecule has 0 fully saturated rings. The van der Waals surface area contributed by atoms with Crippen molar-refractivity contribution in [3.8, 4) is 5.75 Å². The summed E-state index contributed by atoms with van der Waals surface area (Å²) < 4.78 is 7.47. The van der Waals surface area contributed by atoms with Gasteiger partial charge >= 0.3 is 6.03 Å². The lowest BCUT2D eigenvalue weighted by Crippen LogP contribution is -2.37. The molecule has 0 radical (unpaired) electrons. The number of nitrogens with zero attached hydrogens (tertiary/aromatic N) is 3. The Morgan fingerprint density at radius 1 is 1.23 bits per heavy atom. The van der Waals surface area contributed by atoms with Crippen LogP contribution in [-0.4, -0.2) is 40.5 Å². The highest BCUT2D eigenvalue weighted by molar-refractivity contribution is 6.30. The second kappa shape index (κ2) is 8.58. The van der Waals surface area contributed by atoms with Gasteiger partial charge in [0.25, 0.3) is 0 Å². The summed E-state index contributed by atoms with van der Waals surface area (Å²) >= 11 is 5.96. The van der Waals surface area contributed by atoms with Gasteiger partial charge in [-0.3, -0.25) is 0 Å². The number of pyridine rings is 1. The van der Waals surface area contributed by atoms with Gasteiger partial charge in [0, 0.05) is 26.0 Å². The number of hydrogen-bond donors (Lipinski definition) is 1. The summed E-state index contributed by atoms with van der Waals surface area (Å²) in [7, 11) is 1.77. The Labute approximate surface area is 157 Å². The van der Waals surface area contributed by atoms with Crippen molar-refractivity contribution in [2.24, 2.45) is 0 Å². The number of hydrogen-bond acceptors (Lipinski definition) is 3. The van der Waals surface area contributed by atoms with Gasteiger partial charge in [-0.1, -0.05) is 29.8 Å². The van der Waals surface area contributed by atoms with E-state index in [0.717, 1.165) is 23.5 Å². The van der Waals surface area contributed by atoms with Crippen LogP contribution < -0.4 is 10.1 Å². The summed E-state index contributed by atoms with van der Waals surface area (Å²) in [6.45, 7) is 1.54. The number of rotatable bonds is 7. The summed E-state index contributed by atoms with van der Waals surface area (Å²) in [5.74, 6) is 0.839. The van der Waals surface area contributed by atoms with E-state index in [1.807, 2.05) is 47.0 Å². The first kappa shape index (κ1) is 18.1. The average molecular weight is 373 g/mol. The van der Waals surface area contributed by atoms with Gasteiger partial charge in [-0.05, 0) is 30.7 Å². The molecule has 0 bridgehead atoms. The lowest BCUT2D eigenvalue weighted by molar-refractivity contribution is 0.203. The highest BCUT2D eigenvalue weighted by Crippen LogP contribution is 2.12. The summed E-state index contributed by atoms with van der Waals surface area (Å²) in [5, 5.41) is 3.51. The van der Waals surface area contributed by atoms with Crippen LogP contribution in [0.25, 0.3) is 5.65 Å². The van der Waals surface area contributed by atoms with Crippen LogP contribution in [0.3, 0.4) is 0 Å². The number of para-hydroxylation sites is 1. The molecule has 2 amide bonds. The van der Waals surface area contributed by atoms with Crippen LogP contribution in [-0.2, 0) is 6.54 Å². The number of imidazole rings is 1. The molecule has 6 nitrogen and oxygen atoms in total. The highest BCUT2D eigenvalue weighted by atomic mass is 35.5. The monoisotopic (exact) mass is 372 g/mol. The van der Waals surface area contributed by atoms with Gasteiger partial charge in [0.15, 0.2) is 0 Å². The molecular weight excluding hydrogens is 352 g/mol. The minimum Gasteiger partial charge on any atom is -0.494 e. The molecule has 0 spiro atoms. The van der Waals surface area contributed by atoms with E-state index in [1.54, 1.807) is 24.2 Å². The van der Waals surface area contributed by atoms with Crippen LogP contribution in [0.1, 0.15) is 12.1 Å². The van der Waals surface area contributed by atoms with Crippen molar-refractivity contribution in [1.82, 2.24) is 19.6 Å². The predicted octanol–water partition coefficient (Wildman–Crippen LogP) is 3.60. The Bertz CT molecular complexity index is 866. The zero-order valence-corrected chi connectivity index (χ0v) is 15.3. The van der Waals surface area contributed by atoms with Crippen LogP contribution in [0.2, 0.25) is 5.02 Å². The number of carbonyl (C=O) groups is 1. The molecule has 0 saturated carbocycles. The van der Waals surface area contributed by atoms with Gasteiger partial charge in [-0.25, -0.2) is 9.78 Å². The summed E-state index contributed by atoms with van der Waals surface area (Å²) in [4.78, 5) is 18.3. The van der Waals surface area contributed by atoms with Crippen molar-refractivity contribution in [1.29, 1.82) is 0 Å². The zero-order chi connectivity index (χ0) is 18.4. The maximum Gasteiger partial charge on any atom is 0.317 e. The molecule has 3 aromatic rings. The minimum atomic E-state index is -0.139. The van der Waals surface area contributed by atoms with E-state index in [1.165, 1.54) is 0 Å². The third kappa shape index (κ3) is 4.89. The van der Waals surface area contributed by atoms with Crippen LogP contribution in [0, 0.1) is 0 Å². The third-order valence-corrected chi connectivity index (χ3v) is 4.11. The zero-order valence-electron chi connectivity index (χ0n) is 14.6. The number of ether oxygens (including phenoxy) is 1. The molecule has 7 heteroatoms. The van der Waals surface area contributed by atoms with Crippen molar-refractivity contribution in [2.45, 2.75) is 13.0 Å². The predicted molar refractivity (Wildman–Crippen MR) is 102 cm³/mol. The number of urea groups is 1. The van der Waals surface area contributed by atoms with Gasteiger partial charge in [-0.15, -0.1) is 0 Å². The first-order valence-electron chi connectivity index (χ1n) is 8.42. The number of halogens is 1. The standard InChI is InChI=1S/C19H21ClN4O2/c1-23(10-5-11-26-17-6-3-2-4-7-17)19(25)21-12-16-14-24-13-15(20)8-9-18(24)22-16/h2-4,6-9,13-14H,5,10-12H2,1H3,(H,21,25). The molecule has 1 N–H and O–H groups in total. The Hall–Kier alpha value is -2.73. The first-order valence-corrected chi connectivity index (χ1v) is 8.79. The smallest absolute Gasteiger partial charge is 0.317 e. The number of amides is 2. The second-order valence-electron chi connectivity index (χ2n) is 5.94. The largest absolute Gasteiger partial charge is 0.494 e. The van der Waals surface area contributed by atoms with Gasteiger partial charge in [0.05, 0.1) is 23.9 Å². The Kier molecular flexibility index (Phi) is 5.96. The highest BCUT2D eigenvalue weighted by Gasteiger charge is 2.09. The molecule has 0 aliphatic heterocycles. The van der Waals surface area contributed by atoms with Gasteiger partial charge < -0.3 is 19.4 Å². The molecule has 0 saturated heterocycles. The number of carbonyl (C=O) groups excluding carboxylic acids is 1.